The Morgan fingerprint density at radius 3 is 2.03 bits per heavy atom. The molecule has 1 amide bonds. The van der Waals surface area contributed by atoms with Gasteiger partial charge in [0.1, 0.15) is 28.6 Å². The molecule has 0 radical (unpaired) electrons. The van der Waals surface area contributed by atoms with E-state index in [1.54, 1.807) is 32.6 Å². The van der Waals surface area contributed by atoms with E-state index >= 15 is 0 Å². The number of aromatic nitrogens is 4. The standard InChI is InChI=1S/C41H52N5O9PSSi/c1-25(2)36(47)44-39-43-35-32(37(48)45-39)42-24-46(35)38-34(54-56(49)50)33(55-58(8,9)40(3,4)5)31(57-38)23-53-41(26-13-11-10-12-14-26,27-15-19-29(51-6)20-16-27)28-17-21-30(52-7)22-18-28/h10-22,24-25,31,33-34,38,56H,23H2,1-9H3,(H,49,50)(H2,43,44,45,47,48)/t31?,33-,34-,38-/m1/s1. The van der Waals surface area contributed by atoms with Crippen molar-refractivity contribution in [1.29, 1.82) is 0 Å². The lowest BCUT2D eigenvalue weighted by Crippen LogP contribution is -2.50. The molecule has 3 heterocycles. The first-order valence-electron chi connectivity index (χ1n) is 19.0. The second kappa shape index (κ2) is 17.5. The maximum Gasteiger partial charge on any atom is 0.317 e. The number of methoxy groups -OCH3 is 2. The third kappa shape index (κ3) is 8.83. The van der Waals surface area contributed by atoms with E-state index in [-0.39, 0.29) is 40.6 Å². The Morgan fingerprint density at radius 2 is 1.52 bits per heavy atom. The van der Waals surface area contributed by atoms with Gasteiger partial charge < -0.3 is 28.1 Å². The Bertz CT molecular complexity index is 2230. The molecule has 5 atom stereocenters. The van der Waals surface area contributed by atoms with Gasteiger partial charge in [-0.2, -0.15) is 4.98 Å². The number of H-pyrrole nitrogens is 1. The summed E-state index contributed by atoms with van der Waals surface area (Å²) in [6.07, 6.45) is -0.319. The first-order valence-corrected chi connectivity index (χ1v) is 24.1. The maximum atomic E-state index is 13.3. The van der Waals surface area contributed by atoms with E-state index in [1.807, 2.05) is 78.9 Å². The van der Waals surface area contributed by atoms with Gasteiger partial charge >= 0.3 is 8.25 Å². The summed E-state index contributed by atoms with van der Waals surface area (Å²) in [5.74, 6) is 0.616. The molecular weight excluding hydrogens is 798 g/mol. The highest BCUT2D eigenvalue weighted by molar-refractivity contribution is 8.00. The SMILES string of the molecule is COc1ccc(C(OCC2S[C@@H](n3cnc4c(=O)[nH]c(NC(=O)C(C)C)nc43)[C@H](O[PH](=O)O)[C@@H]2O[Si](C)(C)C(C)(C)C)(c2ccccc2)c2ccc(OC)cc2)cc1. The van der Waals surface area contributed by atoms with Crippen molar-refractivity contribution in [3.8, 4) is 11.5 Å². The molecule has 310 valence electrons. The van der Waals surface area contributed by atoms with Crippen LogP contribution < -0.4 is 20.3 Å². The van der Waals surface area contributed by atoms with E-state index < -0.39 is 50.6 Å². The number of rotatable bonds is 15. The number of imidazole rings is 1. The summed E-state index contributed by atoms with van der Waals surface area (Å²) in [6, 6.07) is 25.4. The van der Waals surface area contributed by atoms with Crippen LogP contribution in [0.2, 0.25) is 18.1 Å². The average molecular weight is 850 g/mol. The molecule has 0 spiro atoms. The van der Waals surface area contributed by atoms with Crippen LogP contribution in [0.15, 0.2) is 90.0 Å². The molecule has 1 aliphatic heterocycles. The highest BCUT2D eigenvalue weighted by Gasteiger charge is 2.53. The number of benzene rings is 3. The number of thioether (sulfide) groups is 1. The normalized spacial score (nSPS) is 19.4. The van der Waals surface area contributed by atoms with Gasteiger partial charge in [0.15, 0.2) is 19.5 Å². The average Bonchev–Trinajstić information content (AvgIpc) is 3.76. The summed E-state index contributed by atoms with van der Waals surface area (Å²) in [5.41, 5.74) is 0.996. The second-order valence-corrected chi connectivity index (χ2v) is 22.8. The van der Waals surface area contributed by atoms with Gasteiger partial charge in [0.2, 0.25) is 11.9 Å². The molecule has 6 rings (SSSR count). The molecule has 0 aliphatic carbocycles. The minimum Gasteiger partial charge on any atom is -0.497 e. The van der Waals surface area contributed by atoms with Crippen LogP contribution in [0.3, 0.4) is 0 Å². The van der Waals surface area contributed by atoms with Crippen LogP contribution in [0.25, 0.3) is 11.2 Å². The Hall–Kier alpha value is -4.28. The minimum absolute atomic E-state index is 0.0298. The van der Waals surface area contributed by atoms with Crippen molar-refractivity contribution in [2.75, 3.05) is 26.1 Å². The zero-order valence-electron chi connectivity index (χ0n) is 34.1. The fourth-order valence-corrected chi connectivity index (χ4v) is 10.2. The molecule has 5 aromatic rings. The second-order valence-electron chi connectivity index (χ2n) is 16.0. The Morgan fingerprint density at radius 1 is 0.948 bits per heavy atom. The molecular formula is C41H52N5O9PSSi. The molecule has 3 aromatic carbocycles. The van der Waals surface area contributed by atoms with Gasteiger partial charge in [-0.05, 0) is 59.1 Å². The van der Waals surface area contributed by atoms with Crippen LogP contribution in [-0.4, -0.2) is 76.9 Å². The summed E-state index contributed by atoms with van der Waals surface area (Å²) in [6.45, 7) is 14.1. The van der Waals surface area contributed by atoms with Crippen molar-refractivity contribution < 1.29 is 37.4 Å². The molecule has 58 heavy (non-hydrogen) atoms. The van der Waals surface area contributed by atoms with Crippen molar-refractivity contribution in [1.82, 2.24) is 19.5 Å². The number of hydrogen-bond donors (Lipinski definition) is 3. The van der Waals surface area contributed by atoms with E-state index in [2.05, 4.69) is 54.1 Å². The van der Waals surface area contributed by atoms with Crippen molar-refractivity contribution in [3.05, 3.63) is 112 Å². The summed E-state index contributed by atoms with van der Waals surface area (Å²) in [7, 11) is -2.90. The fraction of sp³-hybridized carbons (Fsp3) is 0.415. The first kappa shape index (κ1) is 43.3. The van der Waals surface area contributed by atoms with E-state index in [0.29, 0.717) is 11.5 Å². The summed E-state index contributed by atoms with van der Waals surface area (Å²) in [4.78, 5) is 47.9. The van der Waals surface area contributed by atoms with Crippen LogP contribution in [0.1, 0.15) is 56.7 Å². The van der Waals surface area contributed by atoms with Crippen LogP contribution in [-0.2, 0) is 28.6 Å². The largest absolute Gasteiger partial charge is 0.497 e. The Balaban J connectivity index is 1.51. The molecule has 14 nitrogen and oxygen atoms in total. The molecule has 3 N–H and O–H groups in total. The predicted molar refractivity (Wildman–Crippen MR) is 228 cm³/mol. The Labute approximate surface area is 344 Å². The number of nitrogens with zero attached hydrogens (tertiary/aromatic N) is 3. The lowest BCUT2D eigenvalue weighted by Gasteiger charge is -2.42. The van der Waals surface area contributed by atoms with E-state index in [9.17, 15) is 19.0 Å². The monoisotopic (exact) mass is 849 g/mol. The lowest BCUT2D eigenvalue weighted by atomic mass is 9.80. The zero-order valence-corrected chi connectivity index (χ0v) is 37.0. The van der Waals surface area contributed by atoms with Gasteiger partial charge in [-0.15, -0.1) is 11.8 Å². The third-order valence-corrected chi connectivity index (χ3v) is 17.3. The molecule has 0 bridgehead atoms. The van der Waals surface area contributed by atoms with Gasteiger partial charge in [0, 0.05) is 5.92 Å². The molecule has 1 aliphatic rings. The quantitative estimate of drug-likeness (QED) is 0.0538. The highest BCUT2D eigenvalue weighted by Crippen LogP contribution is 2.52. The number of ether oxygens (including phenoxy) is 3. The molecule has 1 saturated heterocycles. The summed E-state index contributed by atoms with van der Waals surface area (Å²) in [5, 5.41) is 1.17. The van der Waals surface area contributed by atoms with Crippen LogP contribution in [0, 0.1) is 5.92 Å². The number of hydrogen-bond acceptors (Lipinski definition) is 11. The predicted octanol–water partition coefficient (Wildman–Crippen LogP) is 7.51. The minimum atomic E-state index is -3.53. The number of amides is 1. The summed E-state index contributed by atoms with van der Waals surface area (Å²) >= 11 is 1.42. The van der Waals surface area contributed by atoms with Gasteiger partial charge in [-0.25, -0.2) is 4.98 Å². The lowest BCUT2D eigenvalue weighted by molar-refractivity contribution is -0.118. The van der Waals surface area contributed by atoms with Gasteiger partial charge in [0.05, 0.1) is 38.5 Å². The Kier molecular flexibility index (Phi) is 13.1. The van der Waals surface area contributed by atoms with E-state index in [0.717, 1.165) is 16.7 Å². The number of aromatic amines is 1. The van der Waals surface area contributed by atoms with Crippen LogP contribution in [0.5, 0.6) is 11.5 Å². The van der Waals surface area contributed by atoms with Crippen LogP contribution in [0.4, 0.5) is 5.95 Å². The molecule has 17 heteroatoms. The fourth-order valence-electron chi connectivity index (χ4n) is 6.68. The number of carbonyl (C=O) groups is 1. The highest BCUT2D eigenvalue weighted by atomic mass is 32.2. The van der Waals surface area contributed by atoms with E-state index in [4.69, 9.17) is 23.2 Å². The summed E-state index contributed by atoms with van der Waals surface area (Å²) < 4.78 is 45.9. The van der Waals surface area contributed by atoms with Crippen molar-refractivity contribution in [2.24, 2.45) is 5.92 Å². The molecule has 2 aromatic heterocycles. The number of fused-ring (bicyclic) bond motifs is 1. The number of anilines is 1. The smallest absolute Gasteiger partial charge is 0.317 e. The topological polar surface area (TPSA) is 176 Å². The van der Waals surface area contributed by atoms with Crippen molar-refractivity contribution in [2.45, 2.75) is 81.2 Å². The van der Waals surface area contributed by atoms with Gasteiger partial charge in [-0.1, -0.05) is 89.2 Å². The zero-order chi connectivity index (χ0) is 42.0. The number of carbonyl (C=O) groups excluding carboxylic acids is 1. The van der Waals surface area contributed by atoms with Gasteiger partial charge in [-0.3, -0.25) is 29.0 Å². The molecule has 0 saturated carbocycles. The molecule has 2 unspecified atom stereocenters. The van der Waals surface area contributed by atoms with Crippen molar-refractivity contribution >= 4 is 51.4 Å². The first-order chi connectivity index (χ1) is 27.5. The van der Waals surface area contributed by atoms with E-state index in [1.165, 1.54) is 18.1 Å². The molecule has 1 fully saturated rings. The van der Waals surface area contributed by atoms with Gasteiger partial charge in [0.25, 0.3) is 5.56 Å². The third-order valence-electron chi connectivity index (χ3n) is 10.9. The maximum absolute atomic E-state index is 13.3. The van der Waals surface area contributed by atoms with Crippen molar-refractivity contribution in [3.63, 3.8) is 0 Å². The number of nitrogens with one attached hydrogen (secondary N) is 2. The van der Waals surface area contributed by atoms with Crippen LogP contribution >= 0.6 is 20.0 Å².